The monoisotopic (exact) mass is 1750 g/mol. The molecule has 0 fully saturated rings. The van der Waals surface area contributed by atoms with E-state index in [4.69, 9.17) is 0 Å². The van der Waals surface area contributed by atoms with Crippen LogP contribution in [0.4, 0.5) is 85.3 Å². The zero-order chi connectivity index (χ0) is 91.9. The fourth-order valence-electron chi connectivity index (χ4n) is 19.5. The predicted octanol–water partition coefficient (Wildman–Crippen LogP) is 36.7. The molecule has 137 heavy (non-hydrogen) atoms. The van der Waals surface area contributed by atoms with Crippen molar-refractivity contribution in [3.63, 3.8) is 0 Å². The average molecular weight is 1760 g/mol. The van der Waals surface area contributed by atoms with E-state index in [2.05, 4.69) is 590 Å². The molecule has 6 nitrogen and oxygen atoms in total. The molecule has 0 saturated carbocycles. The third-order valence-corrected chi connectivity index (χ3v) is 26.8. The second-order valence-corrected chi connectivity index (χ2v) is 34.9. The molecule has 0 bridgehead atoms. The van der Waals surface area contributed by atoms with Crippen LogP contribution in [-0.2, 0) is 0 Å². The maximum absolute atomic E-state index is 2.40. The lowest BCUT2D eigenvalue weighted by atomic mass is 10.0. The van der Waals surface area contributed by atoms with Crippen LogP contribution in [-0.4, -0.2) is 21.1 Å². The van der Waals surface area contributed by atoms with Crippen LogP contribution in [0.1, 0.15) is 0 Å². The Bertz CT molecular complexity index is 8150. The molecule has 24 aromatic carbocycles. The van der Waals surface area contributed by atoms with Crippen molar-refractivity contribution in [3.05, 3.63) is 540 Å². The number of nitrogens with zero attached hydrogens (tertiary/aromatic N) is 6. The van der Waals surface area contributed by atoms with E-state index in [-0.39, 0.29) is 0 Å². The highest BCUT2D eigenvalue weighted by atomic mass is 15.2. The highest BCUT2D eigenvalue weighted by Crippen LogP contribution is 2.48. The molecule has 24 rings (SSSR count). The summed E-state index contributed by atoms with van der Waals surface area (Å²) in [5, 5.41) is 19.7. The summed E-state index contributed by atoms with van der Waals surface area (Å²) in [5.74, 6) is 0. The van der Waals surface area contributed by atoms with Gasteiger partial charge in [0.15, 0.2) is 0 Å². The topological polar surface area (TPSA) is 19.4 Å². The normalized spacial score (nSPS) is 11.2. The minimum absolute atomic E-state index is 1.12. The Balaban J connectivity index is 0.000000119. The molecule has 0 spiro atoms. The summed E-state index contributed by atoms with van der Waals surface area (Å²) in [6, 6.07) is 194. The summed E-state index contributed by atoms with van der Waals surface area (Å²) in [6.45, 7) is 0. The Hall–Kier alpha value is -17.8. The molecule has 0 heterocycles. The summed E-state index contributed by atoms with van der Waals surface area (Å²) >= 11 is 0. The third kappa shape index (κ3) is 17.3. The lowest BCUT2D eigenvalue weighted by Crippen LogP contribution is -2.11. The summed E-state index contributed by atoms with van der Waals surface area (Å²) in [7, 11) is 6.39. The molecule has 0 amide bonds. The molecule has 0 N–H and O–H groups in total. The van der Waals surface area contributed by atoms with Crippen molar-refractivity contribution in [2.24, 2.45) is 0 Å². The second kappa shape index (κ2) is 38.2. The van der Waals surface area contributed by atoms with Crippen molar-refractivity contribution in [3.8, 4) is 44.5 Å². The molecular formula is C131H98N6. The quantitative estimate of drug-likeness (QED) is 0.0798. The first-order chi connectivity index (χ1) is 67.7. The summed E-state index contributed by atoms with van der Waals surface area (Å²) in [4.78, 5) is 13.9. The summed E-state index contributed by atoms with van der Waals surface area (Å²) in [6.07, 6.45) is 0. The van der Waals surface area contributed by atoms with Crippen LogP contribution in [0.25, 0.3) is 131 Å². The maximum atomic E-state index is 2.40. The molecule has 0 aromatic heterocycles. The van der Waals surface area contributed by atoms with E-state index in [9.17, 15) is 0 Å². The predicted molar refractivity (Wildman–Crippen MR) is 589 cm³/mol. The lowest BCUT2D eigenvalue weighted by Gasteiger charge is -2.28. The Morgan fingerprint density at radius 3 is 0.547 bits per heavy atom. The van der Waals surface area contributed by atoms with Crippen molar-refractivity contribution in [2.45, 2.75) is 0 Å². The minimum atomic E-state index is 1.12. The van der Waals surface area contributed by atoms with Gasteiger partial charge in [0, 0.05) is 110 Å². The number of fused-ring (bicyclic) bond motifs is 8. The zero-order valence-electron chi connectivity index (χ0n) is 76.6. The van der Waals surface area contributed by atoms with Gasteiger partial charge in [-0.15, -0.1) is 0 Å². The lowest BCUT2D eigenvalue weighted by molar-refractivity contribution is 1.21. The third-order valence-electron chi connectivity index (χ3n) is 26.8. The summed E-state index contributed by atoms with van der Waals surface area (Å²) < 4.78 is 0. The van der Waals surface area contributed by atoms with Gasteiger partial charge in [0.2, 0.25) is 0 Å². The number of anilines is 15. The van der Waals surface area contributed by atoms with Gasteiger partial charge in [-0.3, -0.25) is 0 Å². The minimum Gasteiger partial charge on any atom is -0.345 e. The molecule has 0 radical (unpaired) electrons. The van der Waals surface area contributed by atoms with Gasteiger partial charge in [0.05, 0.1) is 34.1 Å². The summed E-state index contributed by atoms with van der Waals surface area (Å²) in [5.41, 5.74) is 26.9. The van der Waals surface area contributed by atoms with Gasteiger partial charge in [-0.1, -0.05) is 400 Å². The van der Waals surface area contributed by atoms with Gasteiger partial charge in [-0.25, -0.2) is 0 Å². The van der Waals surface area contributed by atoms with Crippen LogP contribution in [0.15, 0.2) is 540 Å². The van der Waals surface area contributed by atoms with Gasteiger partial charge in [0.25, 0.3) is 0 Å². The molecule has 0 aliphatic carbocycles. The number of hydrogen-bond donors (Lipinski definition) is 0. The average Bonchev–Trinajstić information content (AvgIpc) is 0.696. The van der Waals surface area contributed by atoms with E-state index in [1.165, 1.54) is 153 Å². The molecule has 652 valence electrons. The van der Waals surface area contributed by atoms with E-state index < -0.39 is 0 Å². The molecule has 6 heteroatoms. The van der Waals surface area contributed by atoms with Crippen molar-refractivity contribution in [1.29, 1.82) is 0 Å². The van der Waals surface area contributed by atoms with E-state index in [1.807, 2.05) is 0 Å². The Kier molecular flexibility index (Phi) is 23.6. The van der Waals surface area contributed by atoms with Gasteiger partial charge in [0.1, 0.15) is 0 Å². The van der Waals surface area contributed by atoms with Crippen LogP contribution in [0.5, 0.6) is 0 Å². The molecular weight excluding hydrogens is 1660 g/mol. The Morgan fingerprint density at radius 2 is 0.285 bits per heavy atom. The molecule has 0 atom stereocenters. The largest absolute Gasteiger partial charge is 0.345 e. The van der Waals surface area contributed by atoms with Crippen molar-refractivity contribution >= 4 is 171 Å². The van der Waals surface area contributed by atoms with Gasteiger partial charge >= 0.3 is 0 Å². The van der Waals surface area contributed by atoms with E-state index in [1.54, 1.807) is 0 Å². The highest BCUT2D eigenvalue weighted by molar-refractivity contribution is 6.09. The first-order valence-corrected chi connectivity index (χ1v) is 46.9. The SMILES string of the molecule is CN(c1ccc(-c2ccc(N(c3cccc4ccccc34)c3cccc4ccccc34)cc2)cc1)c1ccc2ccccc2c1.CN(c1ccc(-c2ccc(N(c3cccc4ccccc34)c3cccc4ccccc34)cc2)cc1)c1cccc2ccccc12.CN(c1ccc(-c2ccccc2)cc1)c1ccc(-c2ccc(N(c3cccc4ccccc34)c3cccc4ccccc34)cc2)cc1. The standard InChI is InChI=1S/C45H34N2.2C43H32N2/c1-46(39-27-21-34(22-28-39)33-11-3-2-4-12-33)40-29-23-35(24-30-40)36-25-31-41(32-26-36)47(44-19-9-15-37-13-5-7-17-42(37)44)45-20-10-16-38-14-6-8-18-43(38)45;1-44(41-20-8-14-33-11-2-5-17-38(33)41)36-27-23-31(24-28-36)32-25-29-37(30-26-32)45(42-21-9-15-34-12-3-6-18-39(34)42)43-22-10-16-35-13-4-7-19-40(35)43;1-44(39-29-24-31-10-2-3-13-36(31)30-39)37-25-20-32(21-26-37)33-22-27-38(28-23-33)45(42-18-8-14-34-11-4-6-16-40(34)42)43-19-9-15-35-12-5-7-17-41(35)43/h2-32H,1H3;2*2-30H,1H3. The fraction of sp³-hybridized carbons (Fsp3) is 0.0229. The van der Waals surface area contributed by atoms with E-state index >= 15 is 0 Å². The zero-order valence-corrected chi connectivity index (χ0v) is 76.6. The van der Waals surface area contributed by atoms with E-state index in [0.29, 0.717) is 0 Å². The van der Waals surface area contributed by atoms with E-state index in [0.717, 1.165) is 62.6 Å². The second-order valence-electron chi connectivity index (χ2n) is 34.9. The molecule has 0 unspecified atom stereocenters. The molecule has 0 aliphatic rings. The first-order valence-electron chi connectivity index (χ1n) is 46.9. The first kappa shape index (κ1) is 84.7. The number of benzene rings is 24. The van der Waals surface area contributed by atoms with Crippen LogP contribution < -0.4 is 29.4 Å². The van der Waals surface area contributed by atoms with Crippen LogP contribution >= 0.6 is 0 Å². The van der Waals surface area contributed by atoms with Crippen molar-refractivity contribution < 1.29 is 0 Å². The van der Waals surface area contributed by atoms with Crippen LogP contribution in [0.3, 0.4) is 0 Å². The molecule has 0 saturated heterocycles. The van der Waals surface area contributed by atoms with Crippen LogP contribution in [0, 0.1) is 0 Å². The van der Waals surface area contributed by atoms with Gasteiger partial charge in [-0.05, 0) is 233 Å². The Labute approximate surface area is 800 Å². The molecule has 0 aliphatic heterocycles. The highest BCUT2D eigenvalue weighted by Gasteiger charge is 2.24. The number of rotatable bonds is 19. The van der Waals surface area contributed by atoms with Crippen LogP contribution in [0.2, 0.25) is 0 Å². The molecule has 24 aromatic rings. The van der Waals surface area contributed by atoms with Crippen molar-refractivity contribution in [1.82, 2.24) is 0 Å². The number of hydrogen-bond acceptors (Lipinski definition) is 6. The van der Waals surface area contributed by atoms with Crippen molar-refractivity contribution in [2.75, 3.05) is 50.5 Å². The Morgan fingerprint density at radius 1 is 0.109 bits per heavy atom. The maximum Gasteiger partial charge on any atom is 0.0540 e. The smallest absolute Gasteiger partial charge is 0.0540 e. The fourth-order valence-corrected chi connectivity index (χ4v) is 19.5. The van der Waals surface area contributed by atoms with Gasteiger partial charge in [-0.2, -0.15) is 0 Å². The van der Waals surface area contributed by atoms with Gasteiger partial charge < -0.3 is 29.4 Å².